The Hall–Kier alpha value is -0.720. The van der Waals surface area contributed by atoms with Crippen LogP contribution >= 0.6 is 0 Å². The zero-order chi connectivity index (χ0) is 7.56. The van der Waals surface area contributed by atoms with E-state index in [0.29, 0.717) is 0 Å². The Morgan fingerprint density at radius 3 is 2.50 bits per heavy atom. The highest BCUT2D eigenvalue weighted by atomic mass is 16.3. The van der Waals surface area contributed by atoms with E-state index in [4.69, 9.17) is 4.42 Å². The van der Waals surface area contributed by atoms with E-state index in [0.717, 1.165) is 12.2 Å². The van der Waals surface area contributed by atoms with Gasteiger partial charge in [0.2, 0.25) is 0 Å². The Morgan fingerprint density at radius 1 is 1.40 bits per heavy atom. The third-order valence-corrected chi connectivity index (χ3v) is 1.81. The number of hydrogen-bond acceptors (Lipinski definition) is 1. The third-order valence-electron chi connectivity index (χ3n) is 1.81. The Kier molecular flexibility index (Phi) is 2.15. The van der Waals surface area contributed by atoms with Gasteiger partial charge >= 0.3 is 0 Å². The summed E-state index contributed by atoms with van der Waals surface area (Å²) in [7, 11) is 0. The monoisotopic (exact) mass is 138 g/mol. The van der Waals surface area contributed by atoms with Crippen molar-refractivity contribution in [2.45, 2.75) is 33.6 Å². The minimum absolute atomic E-state index is 1.08. The lowest BCUT2D eigenvalue weighted by Crippen LogP contribution is -1.84. The summed E-state index contributed by atoms with van der Waals surface area (Å²) in [6, 6.07) is 0. The van der Waals surface area contributed by atoms with Gasteiger partial charge in [0.15, 0.2) is 0 Å². The smallest absolute Gasteiger partial charge is 0.104 e. The van der Waals surface area contributed by atoms with Crippen LogP contribution in [0.4, 0.5) is 0 Å². The fourth-order valence-corrected chi connectivity index (χ4v) is 1.22. The van der Waals surface area contributed by atoms with Crippen LogP contribution in [0.25, 0.3) is 0 Å². The van der Waals surface area contributed by atoms with Gasteiger partial charge in [-0.15, -0.1) is 0 Å². The standard InChI is InChI=1S/C9H14O/c1-4-5-9-7(2)6-10-8(9)3/h6H,4-5H2,1-3H3. The molecule has 0 radical (unpaired) electrons. The summed E-state index contributed by atoms with van der Waals surface area (Å²) in [6.07, 6.45) is 4.18. The molecule has 0 saturated carbocycles. The van der Waals surface area contributed by atoms with Crippen molar-refractivity contribution in [2.24, 2.45) is 0 Å². The molecule has 0 aromatic carbocycles. The van der Waals surface area contributed by atoms with Crippen molar-refractivity contribution in [2.75, 3.05) is 0 Å². The molecule has 0 fully saturated rings. The van der Waals surface area contributed by atoms with E-state index in [1.807, 2.05) is 13.2 Å². The number of hydrogen-bond donors (Lipinski definition) is 0. The Balaban J connectivity index is 2.87. The number of rotatable bonds is 2. The van der Waals surface area contributed by atoms with Crippen molar-refractivity contribution in [1.29, 1.82) is 0 Å². The SMILES string of the molecule is CCCc1c(C)coc1C. The average Bonchev–Trinajstić information content (AvgIpc) is 2.20. The van der Waals surface area contributed by atoms with Gasteiger partial charge in [-0.05, 0) is 31.4 Å². The molecule has 0 aliphatic heterocycles. The van der Waals surface area contributed by atoms with E-state index in [-0.39, 0.29) is 0 Å². The molecule has 0 saturated heterocycles. The van der Waals surface area contributed by atoms with Crippen molar-refractivity contribution in [3.05, 3.63) is 23.2 Å². The van der Waals surface area contributed by atoms with E-state index in [2.05, 4.69) is 13.8 Å². The van der Waals surface area contributed by atoms with Gasteiger partial charge in [0.1, 0.15) is 5.76 Å². The van der Waals surface area contributed by atoms with Crippen LogP contribution < -0.4 is 0 Å². The predicted octanol–water partition coefficient (Wildman–Crippen LogP) is 2.85. The maximum atomic E-state index is 5.25. The summed E-state index contributed by atoms with van der Waals surface area (Å²) in [5.74, 6) is 1.08. The van der Waals surface area contributed by atoms with Crippen molar-refractivity contribution in [1.82, 2.24) is 0 Å². The van der Waals surface area contributed by atoms with E-state index in [1.54, 1.807) is 0 Å². The van der Waals surface area contributed by atoms with E-state index in [9.17, 15) is 0 Å². The van der Waals surface area contributed by atoms with Crippen LogP contribution in [-0.4, -0.2) is 0 Å². The fraction of sp³-hybridized carbons (Fsp3) is 0.556. The molecule has 10 heavy (non-hydrogen) atoms. The molecule has 0 bridgehead atoms. The lowest BCUT2D eigenvalue weighted by molar-refractivity contribution is 0.528. The third kappa shape index (κ3) is 1.23. The summed E-state index contributed by atoms with van der Waals surface area (Å²) in [6.45, 7) is 6.31. The summed E-state index contributed by atoms with van der Waals surface area (Å²) in [5, 5.41) is 0. The summed E-state index contributed by atoms with van der Waals surface area (Å²) >= 11 is 0. The maximum Gasteiger partial charge on any atom is 0.104 e. The topological polar surface area (TPSA) is 13.1 Å². The first-order chi connectivity index (χ1) is 4.75. The van der Waals surface area contributed by atoms with Crippen molar-refractivity contribution in [3.63, 3.8) is 0 Å². The lowest BCUT2D eigenvalue weighted by Gasteiger charge is -1.95. The zero-order valence-electron chi connectivity index (χ0n) is 6.90. The number of furan rings is 1. The summed E-state index contributed by atoms with van der Waals surface area (Å²) in [5.41, 5.74) is 2.68. The second-order valence-electron chi connectivity index (χ2n) is 2.70. The van der Waals surface area contributed by atoms with Crippen molar-refractivity contribution < 1.29 is 4.42 Å². The molecular formula is C9H14O. The van der Waals surface area contributed by atoms with Gasteiger partial charge < -0.3 is 4.42 Å². The highest BCUT2D eigenvalue weighted by Gasteiger charge is 2.03. The van der Waals surface area contributed by atoms with Crippen molar-refractivity contribution >= 4 is 0 Å². The molecule has 0 amide bonds. The molecule has 1 heterocycles. The molecule has 1 heteroatoms. The van der Waals surface area contributed by atoms with Gasteiger partial charge in [0.05, 0.1) is 6.26 Å². The van der Waals surface area contributed by atoms with Gasteiger partial charge in [-0.25, -0.2) is 0 Å². The Bertz CT molecular complexity index is 191. The first-order valence-corrected chi connectivity index (χ1v) is 3.79. The quantitative estimate of drug-likeness (QED) is 0.612. The molecule has 1 nitrogen and oxygen atoms in total. The predicted molar refractivity (Wildman–Crippen MR) is 42.2 cm³/mol. The molecule has 0 aliphatic carbocycles. The molecule has 0 atom stereocenters. The molecule has 0 N–H and O–H groups in total. The maximum absolute atomic E-state index is 5.25. The zero-order valence-corrected chi connectivity index (χ0v) is 6.90. The van der Waals surface area contributed by atoms with Gasteiger partial charge in [-0.3, -0.25) is 0 Å². The largest absolute Gasteiger partial charge is 0.469 e. The number of aryl methyl sites for hydroxylation is 2. The molecule has 0 aliphatic rings. The highest BCUT2D eigenvalue weighted by molar-refractivity contribution is 5.25. The molecular weight excluding hydrogens is 124 g/mol. The van der Waals surface area contributed by atoms with Gasteiger partial charge in [0, 0.05) is 0 Å². The first-order valence-electron chi connectivity index (χ1n) is 3.79. The Morgan fingerprint density at radius 2 is 2.10 bits per heavy atom. The minimum Gasteiger partial charge on any atom is -0.469 e. The van der Waals surface area contributed by atoms with Crippen LogP contribution in [0.15, 0.2) is 10.7 Å². The molecule has 56 valence electrons. The average molecular weight is 138 g/mol. The molecule has 0 unspecified atom stereocenters. The van der Waals surface area contributed by atoms with Gasteiger partial charge in [0.25, 0.3) is 0 Å². The van der Waals surface area contributed by atoms with E-state index < -0.39 is 0 Å². The normalized spacial score (nSPS) is 10.3. The summed E-state index contributed by atoms with van der Waals surface area (Å²) in [4.78, 5) is 0. The van der Waals surface area contributed by atoms with Crippen molar-refractivity contribution in [3.8, 4) is 0 Å². The van der Waals surface area contributed by atoms with E-state index in [1.165, 1.54) is 17.5 Å². The van der Waals surface area contributed by atoms with Crippen LogP contribution in [0.2, 0.25) is 0 Å². The highest BCUT2D eigenvalue weighted by Crippen LogP contribution is 2.16. The Labute approximate surface area is 62.1 Å². The second kappa shape index (κ2) is 2.91. The van der Waals surface area contributed by atoms with Crippen LogP contribution in [0.5, 0.6) is 0 Å². The van der Waals surface area contributed by atoms with Crippen LogP contribution in [-0.2, 0) is 6.42 Å². The van der Waals surface area contributed by atoms with E-state index >= 15 is 0 Å². The molecule has 1 rings (SSSR count). The van der Waals surface area contributed by atoms with Gasteiger partial charge in [-0.2, -0.15) is 0 Å². The minimum atomic E-state index is 1.08. The van der Waals surface area contributed by atoms with Gasteiger partial charge in [-0.1, -0.05) is 13.3 Å². The molecule has 0 spiro atoms. The molecule has 1 aromatic rings. The van der Waals surface area contributed by atoms with Crippen LogP contribution in [0, 0.1) is 13.8 Å². The van der Waals surface area contributed by atoms with Crippen LogP contribution in [0.1, 0.15) is 30.2 Å². The van der Waals surface area contributed by atoms with Crippen LogP contribution in [0.3, 0.4) is 0 Å². The first kappa shape index (κ1) is 7.39. The fourth-order valence-electron chi connectivity index (χ4n) is 1.22. The second-order valence-corrected chi connectivity index (χ2v) is 2.70. The molecule has 1 aromatic heterocycles. The summed E-state index contributed by atoms with van der Waals surface area (Å²) < 4.78 is 5.25. The lowest BCUT2D eigenvalue weighted by atomic mass is 10.1.